The second kappa shape index (κ2) is 6.60. The number of ketones is 1. The van der Waals surface area contributed by atoms with E-state index in [4.69, 9.17) is 4.42 Å². The highest BCUT2D eigenvalue weighted by atomic mass is 16.4. The summed E-state index contributed by atoms with van der Waals surface area (Å²) in [5.74, 6) is -0.838. The minimum Gasteiger partial charge on any atom is -0.408 e. The zero-order valence-corrected chi connectivity index (χ0v) is 13.1. The monoisotopic (exact) mass is 304 g/mol. The third kappa shape index (κ3) is 3.27. The standard InChI is InChI=1S/C16H20N2O4/c1-4-5-8-17(3)15(20)10-18-13-7-6-12(11(2)19)9-14(13)22-16(18)21/h6-7,9H,4-5,8,10H2,1-3H3. The number of nitrogens with zero attached hydrogens (tertiary/aromatic N) is 2. The first kappa shape index (κ1) is 16.0. The van der Waals surface area contributed by atoms with Crippen molar-refractivity contribution in [3.05, 3.63) is 34.3 Å². The average molecular weight is 304 g/mol. The highest BCUT2D eigenvalue weighted by molar-refractivity contribution is 5.97. The molecule has 6 heteroatoms. The van der Waals surface area contributed by atoms with Crippen LogP contribution in [0.5, 0.6) is 0 Å². The first-order valence-corrected chi connectivity index (χ1v) is 7.32. The summed E-state index contributed by atoms with van der Waals surface area (Å²) in [5.41, 5.74) is 1.31. The van der Waals surface area contributed by atoms with E-state index in [0.29, 0.717) is 23.2 Å². The maximum atomic E-state index is 12.2. The van der Waals surface area contributed by atoms with Gasteiger partial charge in [0.1, 0.15) is 6.54 Å². The summed E-state index contributed by atoms with van der Waals surface area (Å²) in [7, 11) is 1.72. The molecule has 1 aromatic carbocycles. The van der Waals surface area contributed by atoms with Crippen LogP contribution in [0.2, 0.25) is 0 Å². The first-order valence-electron chi connectivity index (χ1n) is 7.32. The molecule has 0 aliphatic carbocycles. The number of carbonyl (C=O) groups is 2. The van der Waals surface area contributed by atoms with Crippen molar-refractivity contribution in [3.63, 3.8) is 0 Å². The molecule has 0 aliphatic heterocycles. The fourth-order valence-electron chi connectivity index (χ4n) is 2.21. The molecule has 22 heavy (non-hydrogen) atoms. The van der Waals surface area contributed by atoms with Gasteiger partial charge in [-0.05, 0) is 31.5 Å². The number of amides is 1. The molecular weight excluding hydrogens is 284 g/mol. The molecule has 1 amide bonds. The zero-order valence-electron chi connectivity index (χ0n) is 13.1. The second-order valence-corrected chi connectivity index (χ2v) is 5.36. The van der Waals surface area contributed by atoms with Crippen LogP contribution in [0.3, 0.4) is 0 Å². The molecule has 0 fully saturated rings. The van der Waals surface area contributed by atoms with Crippen LogP contribution in [-0.4, -0.2) is 34.7 Å². The summed E-state index contributed by atoms with van der Waals surface area (Å²) in [5, 5.41) is 0. The summed E-state index contributed by atoms with van der Waals surface area (Å²) in [4.78, 5) is 37.1. The van der Waals surface area contributed by atoms with E-state index < -0.39 is 5.76 Å². The number of Topliss-reactive ketones (excluding diaryl/α,β-unsaturated/α-hetero) is 1. The Morgan fingerprint density at radius 1 is 1.32 bits per heavy atom. The van der Waals surface area contributed by atoms with Crippen molar-refractivity contribution in [1.29, 1.82) is 0 Å². The number of hydrogen-bond acceptors (Lipinski definition) is 4. The molecule has 0 unspecified atom stereocenters. The number of fused-ring (bicyclic) bond motifs is 1. The van der Waals surface area contributed by atoms with E-state index in [9.17, 15) is 14.4 Å². The number of benzene rings is 1. The summed E-state index contributed by atoms with van der Waals surface area (Å²) < 4.78 is 6.43. The second-order valence-electron chi connectivity index (χ2n) is 5.36. The summed E-state index contributed by atoms with van der Waals surface area (Å²) in [6.45, 7) is 4.10. The fraction of sp³-hybridized carbons (Fsp3) is 0.438. The molecule has 0 spiro atoms. The van der Waals surface area contributed by atoms with Crippen LogP contribution < -0.4 is 5.76 Å². The lowest BCUT2D eigenvalue weighted by Gasteiger charge is -2.16. The molecule has 0 saturated carbocycles. The quantitative estimate of drug-likeness (QED) is 0.766. The average Bonchev–Trinajstić information content (AvgIpc) is 2.79. The van der Waals surface area contributed by atoms with Crippen molar-refractivity contribution in [2.24, 2.45) is 0 Å². The molecule has 2 rings (SSSR count). The minimum atomic E-state index is -0.590. The molecule has 2 aromatic rings. The number of hydrogen-bond donors (Lipinski definition) is 0. The van der Waals surface area contributed by atoms with Crippen LogP contribution in [0.4, 0.5) is 0 Å². The van der Waals surface area contributed by atoms with E-state index in [-0.39, 0.29) is 18.2 Å². The van der Waals surface area contributed by atoms with Crippen molar-refractivity contribution in [2.45, 2.75) is 33.2 Å². The lowest BCUT2D eigenvalue weighted by atomic mass is 10.1. The van der Waals surface area contributed by atoms with Gasteiger partial charge in [-0.2, -0.15) is 0 Å². The summed E-state index contributed by atoms with van der Waals surface area (Å²) >= 11 is 0. The normalized spacial score (nSPS) is 10.9. The number of likely N-dealkylation sites (N-methyl/N-ethyl adjacent to an activating group) is 1. The molecule has 0 aliphatic rings. The lowest BCUT2D eigenvalue weighted by Crippen LogP contribution is -2.33. The zero-order chi connectivity index (χ0) is 16.3. The molecule has 1 heterocycles. The first-order chi connectivity index (χ1) is 10.4. The largest absolute Gasteiger partial charge is 0.420 e. The van der Waals surface area contributed by atoms with Crippen LogP contribution in [0, 0.1) is 0 Å². The Morgan fingerprint density at radius 3 is 2.68 bits per heavy atom. The predicted molar refractivity (Wildman–Crippen MR) is 83.0 cm³/mol. The van der Waals surface area contributed by atoms with Gasteiger partial charge in [0.05, 0.1) is 5.52 Å². The van der Waals surface area contributed by atoms with Gasteiger partial charge in [0.15, 0.2) is 11.4 Å². The lowest BCUT2D eigenvalue weighted by molar-refractivity contribution is -0.130. The van der Waals surface area contributed by atoms with Gasteiger partial charge in [-0.3, -0.25) is 14.2 Å². The Labute approximate surface area is 128 Å². The maximum Gasteiger partial charge on any atom is 0.420 e. The number of rotatable bonds is 6. The van der Waals surface area contributed by atoms with Crippen molar-refractivity contribution in [2.75, 3.05) is 13.6 Å². The number of unbranched alkanes of at least 4 members (excludes halogenated alkanes) is 1. The molecule has 118 valence electrons. The predicted octanol–water partition coefficient (Wildman–Crippen LogP) is 2.06. The van der Waals surface area contributed by atoms with Gasteiger partial charge in [0.2, 0.25) is 5.91 Å². The number of oxazole rings is 1. The third-order valence-corrected chi connectivity index (χ3v) is 3.64. The Morgan fingerprint density at radius 2 is 2.05 bits per heavy atom. The fourth-order valence-corrected chi connectivity index (χ4v) is 2.21. The SMILES string of the molecule is CCCCN(C)C(=O)Cn1c(=O)oc2cc(C(C)=O)ccc21. The molecule has 0 N–H and O–H groups in total. The van der Waals surface area contributed by atoms with Crippen molar-refractivity contribution < 1.29 is 14.0 Å². The van der Waals surface area contributed by atoms with E-state index in [2.05, 4.69) is 6.92 Å². The van der Waals surface area contributed by atoms with E-state index in [1.165, 1.54) is 17.6 Å². The van der Waals surface area contributed by atoms with Crippen molar-refractivity contribution in [3.8, 4) is 0 Å². The topological polar surface area (TPSA) is 72.5 Å². The van der Waals surface area contributed by atoms with Crippen molar-refractivity contribution in [1.82, 2.24) is 9.47 Å². The van der Waals surface area contributed by atoms with Gasteiger partial charge in [-0.1, -0.05) is 13.3 Å². The van der Waals surface area contributed by atoms with Crippen LogP contribution in [-0.2, 0) is 11.3 Å². The Balaban J connectivity index is 2.28. The van der Waals surface area contributed by atoms with E-state index >= 15 is 0 Å². The van der Waals surface area contributed by atoms with Gasteiger partial charge >= 0.3 is 5.76 Å². The van der Waals surface area contributed by atoms with E-state index in [0.717, 1.165) is 12.8 Å². The van der Waals surface area contributed by atoms with E-state index in [1.807, 2.05) is 0 Å². The van der Waals surface area contributed by atoms with Crippen LogP contribution in [0.25, 0.3) is 11.1 Å². The smallest absolute Gasteiger partial charge is 0.408 e. The molecule has 6 nitrogen and oxygen atoms in total. The number of aromatic nitrogens is 1. The van der Waals surface area contributed by atoms with Gasteiger partial charge < -0.3 is 9.32 Å². The van der Waals surface area contributed by atoms with Gasteiger partial charge in [-0.15, -0.1) is 0 Å². The Hall–Kier alpha value is -2.37. The molecule has 0 radical (unpaired) electrons. The van der Waals surface area contributed by atoms with Crippen LogP contribution in [0.1, 0.15) is 37.0 Å². The Kier molecular flexibility index (Phi) is 4.80. The molecule has 0 bridgehead atoms. The molecule has 1 aromatic heterocycles. The van der Waals surface area contributed by atoms with E-state index in [1.54, 1.807) is 24.1 Å². The molecule has 0 saturated heterocycles. The summed E-state index contributed by atoms with van der Waals surface area (Å²) in [6, 6.07) is 4.79. The Bertz CT molecular complexity index is 757. The maximum absolute atomic E-state index is 12.2. The highest BCUT2D eigenvalue weighted by Gasteiger charge is 2.16. The third-order valence-electron chi connectivity index (χ3n) is 3.64. The van der Waals surface area contributed by atoms with Gasteiger partial charge in [0.25, 0.3) is 0 Å². The van der Waals surface area contributed by atoms with Gasteiger partial charge in [-0.25, -0.2) is 4.79 Å². The highest BCUT2D eigenvalue weighted by Crippen LogP contribution is 2.15. The van der Waals surface area contributed by atoms with Crippen molar-refractivity contribution >= 4 is 22.8 Å². The number of carbonyl (C=O) groups excluding carboxylic acids is 2. The molecule has 0 atom stereocenters. The van der Waals surface area contributed by atoms with Gasteiger partial charge in [0, 0.05) is 19.2 Å². The summed E-state index contributed by atoms with van der Waals surface area (Å²) in [6.07, 6.45) is 1.92. The van der Waals surface area contributed by atoms with Crippen LogP contribution in [0.15, 0.2) is 27.4 Å². The minimum absolute atomic E-state index is 0.0640. The van der Waals surface area contributed by atoms with Crippen LogP contribution >= 0.6 is 0 Å². The molecular formula is C16H20N2O4.